The van der Waals surface area contributed by atoms with Crippen LogP contribution in [-0.4, -0.2) is 48.4 Å². The molecule has 1 heterocycles. The van der Waals surface area contributed by atoms with Gasteiger partial charge in [0.25, 0.3) is 0 Å². The molecule has 1 aliphatic carbocycles. The van der Waals surface area contributed by atoms with E-state index in [1.807, 2.05) is 0 Å². The lowest BCUT2D eigenvalue weighted by Gasteiger charge is -2.25. The average Bonchev–Trinajstić information content (AvgIpc) is 3.12. The van der Waals surface area contributed by atoms with Crippen molar-refractivity contribution in [2.75, 3.05) is 26.2 Å². The van der Waals surface area contributed by atoms with Gasteiger partial charge in [-0.3, -0.25) is 0 Å². The maximum Gasteiger partial charge on any atom is 0.317 e. The summed E-state index contributed by atoms with van der Waals surface area (Å²) in [6, 6.07) is 8.52. The Labute approximate surface area is 150 Å². The zero-order valence-corrected chi connectivity index (χ0v) is 15.1. The minimum atomic E-state index is -0.343. The number of carbonyl (C=O) groups excluding carboxylic acids is 1. The molecule has 0 unspecified atom stereocenters. The summed E-state index contributed by atoms with van der Waals surface area (Å²) >= 11 is 0. The van der Waals surface area contributed by atoms with E-state index in [9.17, 15) is 9.90 Å². The van der Waals surface area contributed by atoms with Gasteiger partial charge < -0.3 is 20.1 Å². The second kappa shape index (κ2) is 8.68. The molecule has 1 aromatic carbocycles. The van der Waals surface area contributed by atoms with Gasteiger partial charge in [-0.1, -0.05) is 24.3 Å². The standard InChI is InChI=1S/C20H30N2O3/c1-15(23)17-10-12-22(14-17)20(24)21-11-5-13-25-19-9-4-7-16-6-2-3-8-18(16)19/h2-3,6,8,15,17,19,23H,4-5,7,9-14H2,1H3,(H,21,24)/t15-,17-,19-/m0/s1. The van der Waals surface area contributed by atoms with Gasteiger partial charge in [-0.25, -0.2) is 4.79 Å². The number of carbonyl (C=O) groups is 1. The Morgan fingerprint density at radius 1 is 1.40 bits per heavy atom. The summed E-state index contributed by atoms with van der Waals surface area (Å²) in [5.74, 6) is 0.209. The summed E-state index contributed by atoms with van der Waals surface area (Å²) in [5.41, 5.74) is 2.74. The highest BCUT2D eigenvalue weighted by Crippen LogP contribution is 2.32. The third kappa shape index (κ3) is 4.73. The van der Waals surface area contributed by atoms with Crippen LogP contribution < -0.4 is 5.32 Å². The lowest BCUT2D eigenvalue weighted by molar-refractivity contribution is 0.0395. The van der Waals surface area contributed by atoms with E-state index in [4.69, 9.17) is 4.74 Å². The van der Waals surface area contributed by atoms with Crippen LogP contribution in [0.25, 0.3) is 0 Å². The SMILES string of the molecule is C[C@H](O)[C@H]1CCN(C(=O)NCCCO[C@H]2CCCc3ccccc32)C1. The van der Waals surface area contributed by atoms with Crippen LogP contribution in [0, 0.1) is 5.92 Å². The van der Waals surface area contributed by atoms with Crippen LogP contribution in [0.1, 0.15) is 49.8 Å². The van der Waals surface area contributed by atoms with Crippen LogP contribution in [-0.2, 0) is 11.2 Å². The maximum atomic E-state index is 12.1. The van der Waals surface area contributed by atoms with Gasteiger partial charge in [-0.05, 0) is 50.2 Å². The monoisotopic (exact) mass is 346 g/mol. The number of amides is 2. The van der Waals surface area contributed by atoms with Gasteiger partial charge in [0.2, 0.25) is 0 Å². The van der Waals surface area contributed by atoms with E-state index in [1.165, 1.54) is 17.5 Å². The normalized spacial score (nSPS) is 24.0. The predicted octanol–water partition coefficient (Wildman–Crippen LogP) is 2.88. The predicted molar refractivity (Wildman–Crippen MR) is 97.4 cm³/mol. The van der Waals surface area contributed by atoms with Crippen molar-refractivity contribution in [1.29, 1.82) is 0 Å². The van der Waals surface area contributed by atoms with Crippen molar-refractivity contribution in [1.82, 2.24) is 10.2 Å². The molecule has 5 heteroatoms. The van der Waals surface area contributed by atoms with Crippen molar-refractivity contribution in [3.8, 4) is 0 Å². The lowest BCUT2D eigenvalue weighted by Crippen LogP contribution is -2.39. The number of likely N-dealkylation sites (tertiary alicyclic amines) is 1. The van der Waals surface area contributed by atoms with Gasteiger partial charge in [0.05, 0.1) is 12.2 Å². The minimum absolute atomic E-state index is 0.0221. The van der Waals surface area contributed by atoms with Crippen molar-refractivity contribution >= 4 is 6.03 Å². The summed E-state index contributed by atoms with van der Waals surface area (Å²) in [6.07, 6.45) is 4.97. The summed E-state index contributed by atoms with van der Waals surface area (Å²) in [4.78, 5) is 13.9. The molecule has 2 N–H and O–H groups in total. The highest BCUT2D eigenvalue weighted by molar-refractivity contribution is 5.74. The van der Waals surface area contributed by atoms with Gasteiger partial charge in [-0.15, -0.1) is 0 Å². The van der Waals surface area contributed by atoms with Crippen LogP contribution in [0.3, 0.4) is 0 Å². The number of rotatable bonds is 6. The molecular formula is C20H30N2O3. The third-order valence-corrected chi connectivity index (χ3v) is 5.42. The summed E-state index contributed by atoms with van der Waals surface area (Å²) < 4.78 is 6.07. The van der Waals surface area contributed by atoms with E-state index in [-0.39, 0.29) is 24.2 Å². The molecule has 0 bridgehead atoms. The fraction of sp³-hybridized carbons (Fsp3) is 0.650. The molecule has 1 aromatic rings. The van der Waals surface area contributed by atoms with Crippen molar-refractivity contribution in [3.05, 3.63) is 35.4 Å². The topological polar surface area (TPSA) is 61.8 Å². The van der Waals surface area contributed by atoms with Gasteiger partial charge >= 0.3 is 6.03 Å². The van der Waals surface area contributed by atoms with Gasteiger partial charge in [0, 0.05) is 32.2 Å². The molecule has 2 amide bonds. The van der Waals surface area contributed by atoms with E-state index in [0.717, 1.165) is 32.2 Å². The number of nitrogens with zero attached hydrogens (tertiary/aromatic N) is 1. The molecule has 1 fully saturated rings. The Balaban J connectivity index is 1.34. The van der Waals surface area contributed by atoms with E-state index in [0.29, 0.717) is 19.7 Å². The Hall–Kier alpha value is -1.59. The number of fused-ring (bicyclic) bond motifs is 1. The molecule has 3 atom stereocenters. The zero-order valence-electron chi connectivity index (χ0n) is 15.1. The smallest absolute Gasteiger partial charge is 0.317 e. The molecular weight excluding hydrogens is 316 g/mol. The first-order valence-electron chi connectivity index (χ1n) is 9.55. The molecule has 1 saturated heterocycles. The molecule has 0 radical (unpaired) electrons. The number of urea groups is 1. The highest BCUT2D eigenvalue weighted by Gasteiger charge is 2.28. The second-order valence-electron chi connectivity index (χ2n) is 7.27. The van der Waals surface area contributed by atoms with Crippen molar-refractivity contribution < 1.29 is 14.6 Å². The summed E-state index contributed by atoms with van der Waals surface area (Å²) in [5, 5.41) is 12.6. The summed E-state index contributed by atoms with van der Waals surface area (Å²) in [7, 11) is 0. The molecule has 25 heavy (non-hydrogen) atoms. The number of hydrogen-bond donors (Lipinski definition) is 2. The van der Waals surface area contributed by atoms with Crippen LogP contribution in [0.2, 0.25) is 0 Å². The van der Waals surface area contributed by atoms with E-state index < -0.39 is 0 Å². The fourth-order valence-corrected chi connectivity index (χ4v) is 3.85. The number of ether oxygens (including phenoxy) is 1. The molecule has 1 aliphatic heterocycles. The van der Waals surface area contributed by atoms with Crippen molar-refractivity contribution in [2.24, 2.45) is 5.92 Å². The molecule has 138 valence electrons. The maximum absolute atomic E-state index is 12.1. The zero-order chi connectivity index (χ0) is 17.6. The first-order valence-corrected chi connectivity index (χ1v) is 9.55. The molecule has 5 nitrogen and oxygen atoms in total. The molecule has 0 saturated carbocycles. The number of nitrogens with one attached hydrogen (secondary N) is 1. The van der Waals surface area contributed by atoms with Crippen LogP contribution in [0.5, 0.6) is 0 Å². The van der Waals surface area contributed by atoms with Crippen molar-refractivity contribution in [3.63, 3.8) is 0 Å². The number of benzene rings is 1. The van der Waals surface area contributed by atoms with E-state index >= 15 is 0 Å². The molecule has 0 spiro atoms. The van der Waals surface area contributed by atoms with Crippen LogP contribution in [0.4, 0.5) is 4.79 Å². The Morgan fingerprint density at radius 3 is 3.04 bits per heavy atom. The lowest BCUT2D eigenvalue weighted by atomic mass is 9.89. The first-order chi connectivity index (χ1) is 12.1. The van der Waals surface area contributed by atoms with Gasteiger partial charge in [0.1, 0.15) is 0 Å². The van der Waals surface area contributed by atoms with Gasteiger partial charge in [-0.2, -0.15) is 0 Å². The fourth-order valence-electron chi connectivity index (χ4n) is 3.85. The quantitative estimate of drug-likeness (QED) is 0.779. The van der Waals surface area contributed by atoms with E-state index in [2.05, 4.69) is 29.6 Å². The third-order valence-electron chi connectivity index (χ3n) is 5.42. The average molecular weight is 346 g/mol. The van der Waals surface area contributed by atoms with E-state index in [1.54, 1.807) is 11.8 Å². The Morgan fingerprint density at radius 2 is 2.24 bits per heavy atom. The Bertz CT molecular complexity index is 576. The number of aliphatic hydroxyl groups excluding tert-OH is 1. The largest absolute Gasteiger partial charge is 0.393 e. The first kappa shape index (κ1) is 18.2. The summed E-state index contributed by atoms with van der Waals surface area (Å²) in [6.45, 7) is 4.47. The number of aryl methyl sites for hydroxylation is 1. The number of hydrogen-bond acceptors (Lipinski definition) is 3. The van der Waals surface area contributed by atoms with Gasteiger partial charge in [0.15, 0.2) is 0 Å². The second-order valence-corrected chi connectivity index (χ2v) is 7.27. The van der Waals surface area contributed by atoms with Crippen LogP contribution in [0.15, 0.2) is 24.3 Å². The highest BCUT2D eigenvalue weighted by atomic mass is 16.5. The minimum Gasteiger partial charge on any atom is -0.393 e. The molecule has 3 rings (SSSR count). The number of aliphatic hydroxyl groups is 1. The Kier molecular flexibility index (Phi) is 6.32. The molecule has 2 aliphatic rings. The molecule has 0 aromatic heterocycles. The van der Waals surface area contributed by atoms with Crippen LogP contribution >= 0.6 is 0 Å². The van der Waals surface area contributed by atoms with Crippen molar-refractivity contribution in [2.45, 2.75) is 51.2 Å².